The molecular formula is C12H15ClN2. The summed E-state index contributed by atoms with van der Waals surface area (Å²) in [6.45, 7) is 5.64. The average molecular weight is 223 g/mol. The first-order valence-corrected chi connectivity index (χ1v) is 5.48. The number of halogens is 1. The second kappa shape index (κ2) is 3.87. The number of hydrogen-bond acceptors (Lipinski definition) is 1. The SMILES string of the molecule is Cc1ccc(Cl)c2c1cc(C)n2CCN. The molecule has 0 saturated heterocycles. The molecule has 0 aliphatic carbocycles. The van der Waals surface area contributed by atoms with Gasteiger partial charge in [0.15, 0.2) is 0 Å². The molecule has 1 aromatic heterocycles. The molecule has 0 unspecified atom stereocenters. The van der Waals surface area contributed by atoms with E-state index in [1.54, 1.807) is 0 Å². The van der Waals surface area contributed by atoms with Crippen molar-refractivity contribution in [1.29, 1.82) is 0 Å². The van der Waals surface area contributed by atoms with Crippen LogP contribution in [0.25, 0.3) is 10.9 Å². The van der Waals surface area contributed by atoms with Gasteiger partial charge < -0.3 is 10.3 Å². The van der Waals surface area contributed by atoms with Crippen LogP contribution in [0.15, 0.2) is 18.2 Å². The van der Waals surface area contributed by atoms with Crippen molar-refractivity contribution in [2.45, 2.75) is 20.4 Å². The van der Waals surface area contributed by atoms with Gasteiger partial charge in [0.25, 0.3) is 0 Å². The minimum atomic E-state index is 0.634. The van der Waals surface area contributed by atoms with Crippen LogP contribution in [-0.4, -0.2) is 11.1 Å². The lowest BCUT2D eigenvalue weighted by Gasteiger charge is -2.07. The van der Waals surface area contributed by atoms with Gasteiger partial charge in [-0.2, -0.15) is 0 Å². The van der Waals surface area contributed by atoms with E-state index in [2.05, 4.69) is 30.5 Å². The standard InChI is InChI=1S/C12H15ClN2/c1-8-3-4-11(13)12-10(8)7-9(2)15(12)6-5-14/h3-4,7H,5-6,14H2,1-2H3. The Morgan fingerprint density at radius 1 is 1.33 bits per heavy atom. The molecule has 80 valence electrons. The highest BCUT2D eigenvalue weighted by atomic mass is 35.5. The Morgan fingerprint density at radius 2 is 2.07 bits per heavy atom. The molecule has 0 atom stereocenters. The molecule has 0 aliphatic rings. The molecule has 2 nitrogen and oxygen atoms in total. The lowest BCUT2D eigenvalue weighted by Crippen LogP contribution is -2.10. The summed E-state index contributed by atoms with van der Waals surface area (Å²) in [4.78, 5) is 0. The fourth-order valence-corrected chi connectivity index (χ4v) is 2.29. The van der Waals surface area contributed by atoms with Crippen molar-refractivity contribution in [1.82, 2.24) is 4.57 Å². The van der Waals surface area contributed by atoms with E-state index < -0.39 is 0 Å². The van der Waals surface area contributed by atoms with Crippen LogP contribution in [0.1, 0.15) is 11.3 Å². The van der Waals surface area contributed by atoms with Crippen molar-refractivity contribution >= 4 is 22.5 Å². The maximum Gasteiger partial charge on any atom is 0.0674 e. The van der Waals surface area contributed by atoms with E-state index in [-0.39, 0.29) is 0 Å². The van der Waals surface area contributed by atoms with E-state index in [9.17, 15) is 0 Å². The second-order valence-electron chi connectivity index (χ2n) is 3.85. The molecule has 2 aromatic rings. The number of fused-ring (bicyclic) bond motifs is 1. The summed E-state index contributed by atoms with van der Waals surface area (Å²) in [7, 11) is 0. The van der Waals surface area contributed by atoms with Crippen LogP contribution in [0.3, 0.4) is 0 Å². The van der Waals surface area contributed by atoms with E-state index >= 15 is 0 Å². The number of aromatic nitrogens is 1. The summed E-state index contributed by atoms with van der Waals surface area (Å²) in [6, 6.07) is 6.18. The third kappa shape index (κ3) is 1.64. The number of hydrogen-bond donors (Lipinski definition) is 1. The van der Waals surface area contributed by atoms with Crippen LogP contribution in [0, 0.1) is 13.8 Å². The third-order valence-corrected chi connectivity index (χ3v) is 3.09. The Hall–Kier alpha value is -0.990. The van der Waals surface area contributed by atoms with Gasteiger partial charge in [0, 0.05) is 24.2 Å². The smallest absolute Gasteiger partial charge is 0.0674 e. The summed E-state index contributed by atoms with van der Waals surface area (Å²) < 4.78 is 2.19. The first-order chi connectivity index (χ1) is 7.15. The first-order valence-electron chi connectivity index (χ1n) is 5.10. The summed E-state index contributed by atoms with van der Waals surface area (Å²) in [6.07, 6.45) is 0. The monoisotopic (exact) mass is 222 g/mol. The van der Waals surface area contributed by atoms with Gasteiger partial charge in [0.1, 0.15) is 0 Å². The van der Waals surface area contributed by atoms with Crippen molar-refractivity contribution in [3.63, 3.8) is 0 Å². The maximum absolute atomic E-state index is 6.22. The van der Waals surface area contributed by atoms with E-state index in [4.69, 9.17) is 17.3 Å². The fourth-order valence-electron chi connectivity index (χ4n) is 2.02. The average Bonchev–Trinajstić information content (AvgIpc) is 2.53. The molecule has 2 rings (SSSR count). The molecule has 0 spiro atoms. The van der Waals surface area contributed by atoms with Crippen LogP contribution in [0.2, 0.25) is 5.02 Å². The Balaban J connectivity index is 2.79. The number of nitrogens with zero attached hydrogens (tertiary/aromatic N) is 1. The number of aryl methyl sites for hydroxylation is 2. The van der Waals surface area contributed by atoms with Crippen LogP contribution < -0.4 is 5.73 Å². The van der Waals surface area contributed by atoms with Crippen molar-refractivity contribution in [2.75, 3.05) is 6.54 Å². The molecule has 15 heavy (non-hydrogen) atoms. The Bertz CT molecular complexity index is 500. The van der Waals surface area contributed by atoms with Gasteiger partial charge in [-0.05, 0) is 31.5 Å². The van der Waals surface area contributed by atoms with Crippen LogP contribution in [-0.2, 0) is 6.54 Å². The first kappa shape index (κ1) is 10.5. The van der Waals surface area contributed by atoms with Gasteiger partial charge in [0.2, 0.25) is 0 Å². The van der Waals surface area contributed by atoms with Gasteiger partial charge in [-0.3, -0.25) is 0 Å². The lowest BCUT2D eigenvalue weighted by atomic mass is 10.1. The van der Waals surface area contributed by atoms with Gasteiger partial charge in [-0.25, -0.2) is 0 Å². The van der Waals surface area contributed by atoms with Gasteiger partial charge in [-0.1, -0.05) is 17.7 Å². The molecule has 0 radical (unpaired) electrons. The normalized spacial score (nSPS) is 11.2. The zero-order valence-electron chi connectivity index (χ0n) is 9.05. The summed E-state index contributed by atoms with van der Waals surface area (Å²) >= 11 is 6.22. The summed E-state index contributed by atoms with van der Waals surface area (Å²) in [5.41, 5.74) is 9.19. The Morgan fingerprint density at radius 3 is 2.73 bits per heavy atom. The molecule has 1 heterocycles. The number of benzene rings is 1. The van der Waals surface area contributed by atoms with Gasteiger partial charge >= 0.3 is 0 Å². The topological polar surface area (TPSA) is 30.9 Å². The minimum Gasteiger partial charge on any atom is -0.342 e. The third-order valence-electron chi connectivity index (χ3n) is 2.79. The van der Waals surface area contributed by atoms with Crippen molar-refractivity contribution in [3.05, 3.63) is 34.5 Å². The second-order valence-corrected chi connectivity index (χ2v) is 4.26. The minimum absolute atomic E-state index is 0.634. The Labute approximate surface area is 94.6 Å². The van der Waals surface area contributed by atoms with Crippen molar-refractivity contribution in [2.24, 2.45) is 5.73 Å². The Kier molecular flexibility index (Phi) is 2.72. The summed E-state index contributed by atoms with van der Waals surface area (Å²) in [5, 5.41) is 2.03. The number of rotatable bonds is 2. The molecule has 3 heteroatoms. The van der Waals surface area contributed by atoms with Crippen molar-refractivity contribution in [3.8, 4) is 0 Å². The quantitative estimate of drug-likeness (QED) is 0.833. The largest absolute Gasteiger partial charge is 0.342 e. The van der Waals surface area contributed by atoms with Crippen molar-refractivity contribution < 1.29 is 0 Å². The van der Waals surface area contributed by atoms with E-state index in [1.807, 2.05) is 6.07 Å². The molecule has 0 amide bonds. The van der Waals surface area contributed by atoms with E-state index in [0.29, 0.717) is 6.54 Å². The van der Waals surface area contributed by atoms with E-state index in [1.165, 1.54) is 16.6 Å². The zero-order valence-corrected chi connectivity index (χ0v) is 9.80. The molecule has 1 aromatic carbocycles. The molecule has 0 fully saturated rings. The summed E-state index contributed by atoms with van der Waals surface area (Å²) in [5.74, 6) is 0. The van der Waals surface area contributed by atoms with Gasteiger partial charge in [-0.15, -0.1) is 0 Å². The predicted molar refractivity (Wildman–Crippen MR) is 65.5 cm³/mol. The van der Waals surface area contributed by atoms with Crippen LogP contribution >= 0.6 is 11.6 Å². The molecule has 2 N–H and O–H groups in total. The highest BCUT2D eigenvalue weighted by Gasteiger charge is 2.09. The lowest BCUT2D eigenvalue weighted by molar-refractivity contribution is 0.715. The van der Waals surface area contributed by atoms with Crippen LogP contribution in [0.4, 0.5) is 0 Å². The molecular weight excluding hydrogens is 208 g/mol. The molecule has 0 saturated carbocycles. The highest BCUT2D eigenvalue weighted by Crippen LogP contribution is 2.29. The van der Waals surface area contributed by atoms with Gasteiger partial charge in [0.05, 0.1) is 10.5 Å². The molecule has 0 bridgehead atoms. The molecule has 0 aliphatic heterocycles. The highest BCUT2D eigenvalue weighted by molar-refractivity contribution is 6.35. The number of nitrogens with two attached hydrogens (primary N) is 1. The van der Waals surface area contributed by atoms with E-state index in [0.717, 1.165) is 17.1 Å². The maximum atomic E-state index is 6.22. The van der Waals surface area contributed by atoms with Crippen LogP contribution in [0.5, 0.6) is 0 Å². The zero-order chi connectivity index (χ0) is 11.0. The fraction of sp³-hybridized carbons (Fsp3) is 0.333. The predicted octanol–water partition coefficient (Wildman–Crippen LogP) is 2.87.